The zero-order chi connectivity index (χ0) is 19.3. The van der Waals surface area contributed by atoms with Gasteiger partial charge in [-0.2, -0.15) is 0 Å². The molecular weight excluding hydrogens is 370 g/mol. The van der Waals surface area contributed by atoms with Crippen LogP contribution in [0.5, 0.6) is 5.75 Å². The minimum atomic E-state index is -0.107. The van der Waals surface area contributed by atoms with Gasteiger partial charge in [-0.25, -0.2) is 4.98 Å². The maximum atomic E-state index is 12.9. The number of hydrogen-bond acceptors (Lipinski definition) is 5. The molecule has 0 saturated carbocycles. The van der Waals surface area contributed by atoms with Crippen molar-refractivity contribution in [1.82, 2.24) is 9.88 Å². The van der Waals surface area contributed by atoms with E-state index in [1.54, 1.807) is 18.4 Å². The molecule has 28 heavy (non-hydrogen) atoms. The molecule has 0 bridgehead atoms. The zero-order valence-corrected chi connectivity index (χ0v) is 16.6. The Bertz CT molecular complexity index is 925. The number of hydrogen-bond donors (Lipinski definition) is 1. The summed E-state index contributed by atoms with van der Waals surface area (Å²) < 4.78 is 5.31. The Morgan fingerprint density at radius 1 is 1.29 bits per heavy atom. The topological polar surface area (TPSA) is 54.5 Å². The first kappa shape index (κ1) is 18.7. The highest BCUT2D eigenvalue weighted by molar-refractivity contribution is 7.07. The second kappa shape index (κ2) is 8.54. The fraction of sp³-hybridized carbons (Fsp3) is 0.273. The Kier molecular flexibility index (Phi) is 5.69. The Morgan fingerprint density at radius 3 is 2.89 bits per heavy atom. The van der Waals surface area contributed by atoms with E-state index in [1.807, 2.05) is 53.4 Å². The van der Waals surface area contributed by atoms with Crippen LogP contribution in [0.3, 0.4) is 0 Å². The van der Waals surface area contributed by atoms with E-state index in [2.05, 4.69) is 21.3 Å². The van der Waals surface area contributed by atoms with E-state index in [-0.39, 0.29) is 11.9 Å². The number of amides is 1. The van der Waals surface area contributed by atoms with Crippen molar-refractivity contribution in [2.75, 3.05) is 19.0 Å². The van der Waals surface area contributed by atoms with E-state index in [1.165, 1.54) is 0 Å². The molecule has 3 aromatic rings. The van der Waals surface area contributed by atoms with Crippen molar-refractivity contribution in [2.45, 2.75) is 25.4 Å². The van der Waals surface area contributed by atoms with Crippen molar-refractivity contribution in [2.24, 2.45) is 0 Å². The second-order valence-electron chi connectivity index (χ2n) is 6.92. The third-order valence-electron chi connectivity index (χ3n) is 5.07. The summed E-state index contributed by atoms with van der Waals surface area (Å²) in [4.78, 5) is 19.4. The van der Waals surface area contributed by atoms with Crippen molar-refractivity contribution >= 4 is 22.9 Å². The molecule has 4 rings (SSSR count). The number of benzene rings is 2. The molecule has 1 amide bonds. The highest BCUT2D eigenvalue weighted by atomic mass is 32.1. The number of aromatic nitrogens is 1. The van der Waals surface area contributed by atoms with Crippen LogP contribution in [0.1, 0.15) is 18.4 Å². The molecule has 144 valence electrons. The molecule has 5 nitrogen and oxygen atoms in total. The van der Waals surface area contributed by atoms with Crippen LogP contribution in [0.2, 0.25) is 0 Å². The van der Waals surface area contributed by atoms with Crippen molar-refractivity contribution < 1.29 is 9.53 Å². The molecule has 1 saturated heterocycles. The lowest BCUT2D eigenvalue weighted by atomic mass is 10.1. The first-order chi connectivity index (χ1) is 13.7. The monoisotopic (exact) mass is 393 g/mol. The molecule has 1 aliphatic rings. The standard InChI is InChI=1S/C22H23N3O2S/c1-27-19-5-2-4-16(12-19)13-25-11-3-6-21(25)22(26)24-18-9-7-17(8-10-18)20-14-28-15-23-20/h2,4-5,7-10,12,14-15,21H,3,6,11,13H2,1H3,(H,24,26)/t21-/m0/s1. The molecule has 1 N–H and O–H groups in total. The van der Waals surface area contributed by atoms with E-state index in [0.29, 0.717) is 0 Å². The van der Waals surface area contributed by atoms with Gasteiger partial charge in [0.1, 0.15) is 5.75 Å². The number of ether oxygens (including phenoxy) is 1. The van der Waals surface area contributed by atoms with Crippen molar-refractivity contribution in [3.8, 4) is 17.0 Å². The third-order valence-corrected chi connectivity index (χ3v) is 5.65. The van der Waals surface area contributed by atoms with Crippen LogP contribution >= 0.6 is 11.3 Å². The summed E-state index contributed by atoms with van der Waals surface area (Å²) in [6.45, 7) is 1.68. The van der Waals surface area contributed by atoms with E-state index in [0.717, 1.165) is 54.2 Å². The van der Waals surface area contributed by atoms with Crippen LogP contribution in [0.4, 0.5) is 5.69 Å². The molecule has 1 fully saturated rings. The lowest BCUT2D eigenvalue weighted by molar-refractivity contribution is -0.120. The number of likely N-dealkylation sites (tertiary alicyclic amines) is 1. The van der Waals surface area contributed by atoms with E-state index in [9.17, 15) is 4.79 Å². The summed E-state index contributed by atoms with van der Waals surface area (Å²) in [5.41, 5.74) is 5.81. The molecule has 0 radical (unpaired) electrons. The summed E-state index contributed by atoms with van der Waals surface area (Å²) in [5.74, 6) is 0.903. The summed E-state index contributed by atoms with van der Waals surface area (Å²) >= 11 is 1.57. The van der Waals surface area contributed by atoms with Gasteiger partial charge in [0.15, 0.2) is 0 Å². The van der Waals surface area contributed by atoms with Gasteiger partial charge < -0.3 is 10.1 Å². The van der Waals surface area contributed by atoms with E-state index < -0.39 is 0 Å². The van der Waals surface area contributed by atoms with Crippen LogP contribution in [0.25, 0.3) is 11.3 Å². The molecular formula is C22H23N3O2S. The van der Waals surface area contributed by atoms with Gasteiger partial charge >= 0.3 is 0 Å². The molecule has 0 aliphatic carbocycles. The lowest BCUT2D eigenvalue weighted by Crippen LogP contribution is -2.39. The van der Waals surface area contributed by atoms with Crippen LogP contribution in [0, 0.1) is 0 Å². The predicted molar refractivity (Wildman–Crippen MR) is 113 cm³/mol. The highest BCUT2D eigenvalue weighted by Gasteiger charge is 2.30. The minimum Gasteiger partial charge on any atom is -0.497 e. The Balaban J connectivity index is 1.40. The minimum absolute atomic E-state index is 0.0572. The number of anilines is 1. The van der Waals surface area contributed by atoms with Gasteiger partial charge in [0, 0.05) is 23.2 Å². The van der Waals surface area contributed by atoms with E-state index >= 15 is 0 Å². The summed E-state index contributed by atoms with van der Waals surface area (Å²) in [7, 11) is 1.67. The number of thiazole rings is 1. The SMILES string of the molecule is COc1cccc(CN2CCC[C@H]2C(=O)Nc2ccc(-c3cscn3)cc2)c1. The third kappa shape index (κ3) is 4.24. The second-order valence-corrected chi connectivity index (χ2v) is 7.64. The number of nitrogens with one attached hydrogen (secondary N) is 1. The summed E-state index contributed by atoms with van der Waals surface area (Å²) in [6.07, 6.45) is 1.91. The number of nitrogens with zero attached hydrogens (tertiary/aromatic N) is 2. The van der Waals surface area contributed by atoms with Crippen LogP contribution in [-0.4, -0.2) is 35.5 Å². The Hall–Kier alpha value is -2.70. The lowest BCUT2D eigenvalue weighted by Gasteiger charge is -2.24. The molecule has 0 unspecified atom stereocenters. The fourth-order valence-corrected chi connectivity index (χ4v) is 4.18. The molecule has 1 aliphatic heterocycles. The maximum absolute atomic E-state index is 12.9. The number of carbonyl (C=O) groups is 1. The number of rotatable bonds is 6. The van der Waals surface area contributed by atoms with Gasteiger partial charge in [-0.15, -0.1) is 11.3 Å². The van der Waals surface area contributed by atoms with Crippen molar-refractivity contribution in [3.63, 3.8) is 0 Å². The molecule has 1 aromatic heterocycles. The molecule has 6 heteroatoms. The molecule has 2 aromatic carbocycles. The number of methoxy groups -OCH3 is 1. The van der Waals surface area contributed by atoms with Crippen molar-refractivity contribution in [3.05, 3.63) is 65.0 Å². The van der Waals surface area contributed by atoms with Crippen LogP contribution < -0.4 is 10.1 Å². The average Bonchev–Trinajstić information content (AvgIpc) is 3.41. The average molecular weight is 394 g/mol. The van der Waals surface area contributed by atoms with Crippen LogP contribution in [-0.2, 0) is 11.3 Å². The quantitative estimate of drug-likeness (QED) is 0.673. The van der Waals surface area contributed by atoms with Crippen LogP contribution in [0.15, 0.2) is 59.4 Å². The summed E-state index contributed by atoms with van der Waals surface area (Å²) in [5, 5.41) is 5.09. The predicted octanol–water partition coefficient (Wildman–Crippen LogP) is 4.42. The first-order valence-corrected chi connectivity index (χ1v) is 10.3. The van der Waals surface area contributed by atoms with Gasteiger partial charge in [-0.3, -0.25) is 9.69 Å². The molecule has 1 atom stereocenters. The number of carbonyl (C=O) groups excluding carboxylic acids is 1. The van der Waals surface area contributed by atoms with Crippen molar-refractivity contribution in [1.29, 1.82) is 0 Å². The van der Waals surface area contributed by atoms with E-state index in [4.69, 9.17) is 4.74 Å². The van der Waals surface area contributed by atoms with Gasteiger partial charge in [-0.05, 0) is 49.2 Å². The largest absolute Gasteiger partial charge is 0.497 e. The first-order valence-electron chi connectivity index (χ1n) is 9.39. The zero-order valence-electron chi connectivity index (χ0n) is 15.8. The van der Waals surface area contributed by atoms with Gasteiger partial charge in [0.2, 0.25) is 5.91 Å². The Morgan fingerprint density at radius 2 is 2.14 bits per heavy atom. The Labute approximate surface area is 169 Å². The van der Waals surface area contributed by atoms with Gasteiger partial charge in [0.25, 0.3) is 0 Å². The molecule has 0 spiro atoms. The smallest absolute Gasteiger partial charge is 0.241 e. The normalized spacial score (nSPS) is 16.8. The summed E-state index contributed by atoms with van der Waals surface area (Å²) in [6, 6.07) is 15.8. The maximum Gasteiger partial charge on any atom is 0.241 e. The van der Waals surface area contributed by atoms with Gasteiger partial charge in [0.05, 0.1) is 24.4 Å². The highest BCUT2D eigenvalue weighted by Crippen LogP contribution is 2.25. The molecule has 2 heterocycles. The van der Waals surface area contributed by atoms with Gasteiger partial charge in [-0.1, -0.05) is 24.3 Å². The fourth-order valence-electron chi connectivity index (χ4n) is 3.62.